The molecule has 176 valence electrons. The van der Waals surface area contributed by atoms with Gasteiger partial charge in [0, 0.05) is 12.4 Å². The molecule has 0 amide bonds. The summed E-state index contributed by atoms with van der Waals surface area (Å²) in [5, 5.41) is -6.95. The summed E-state index contributed by atoms with van der Waals surface area (Å²) in [4.78, 5) is 3.78. The maximum absolute atomic E-state index is 13.3. The molecule has 0 aromatic carbocycles. The second-order valence-corrected chi connectivity index (χ2v) is 7.57. The molecule has 1 heterocycles. The van der Waals surface area contributed by atoms with Gasteiger partial charge in [-0.15, -0.1) is 0 Å². The molecular weight excluding hydrogens is 457 g/mol. The summed E-state index contributed by atoms with van der Waals surface area (Å²) in [5.74, 6) is -20.6. The highest BCUT2D eigenvalue weighted by atomic mass is 32.2. The number of hydrogen-bond acceptors (Lipinski definition) is 3. The number of pyridine rings is 1. The van der Waals surface area contributed by atoms with E-state index in [0.717, 1.165) is 0 Å². The highest BCUT2D eigenvalue weighted by Crippen LogP contribution is 2.55. The molecule has 0 aliphatic heterocycles. The van der Waals surface area contributed by atoms with Gasteiger partial charge >= 0.3 is 33.1 Å². The van der Waals surface area contributed by atoms with Crippen molar-refractivity contribution < 1.29 is 52.5 Å². The van der Waals surface area contributed by atoms with Crippen molar-refractivity contribution in [1.29, 1.82) is 0 Å². The standard InChI is InChI=1S/C11H15F9O3S.C5H5N/c1-2-3-4-5-6-7(12)8(13,14)9(15,16)10(17,18)11(19,20)24(21,22)23;1-2-4-6-5-3-1/h7H,2-6H2,1H3,(H,21,22,23);1-5H. The van der Waals surface area contributed by atoms with Gasteiger partial charge in [-0.3, -0.25) is 9.54 Å². The van der Waals surface area contributed by atoms with Crippen LogP contribution in [0.2, 0.25) is 0 Å². The highest BCUT2D eigenvalue weighted by Gasteiger charge is 2.85. The van der Waals surface area contributed by atoms with Gasteiger partial charge in [0.1, 0.15) is 0 Å². The van der Waals surface area contributed by atoms with E-state index in [2.05, 4.69) is 4.98 Å². The van der Waals surface area contributed by atoms with Gasteiger partial charge in [0.15, 0.2) is 6.17 Å². The molecule has 30 heavy (non-hydrogen) atoms. The van der Waals surface area contributed by atoms with E-state index < -0.39 is 52.2 Å². The molecule has 1 aromatic rings. The van der Waals surface area contributed by atoms with Crippen molar-refractivity contribution in [3.05, 3.63) is 30.6 Å². The van der Waals surface area contributed by atoms with E-state index in [9.17, 15) is 47.9 Å². The van der Waals surface area contributed by atoms with E-state index >= 15 is 0 Å². The van der Waals surface area contributed by atoms with Crippen molar-refractivity contribution in [2.45, 2.75) is 68.2 Å². The summed E-state index contributed by atoms with van der Waals surface area (Å²) in [6.45, 7) is 1.67. The first-order valence-corrected chi connectivity index (χ1v) is 9.89. The van der Waals surface area contributed by atoms with Gasteiger partial charge < -0.3 is 0 Å². The van der Waals surface area contributed by atoms with Crippen molar-refractivity contribution in [3.63, 3.8) is 0 Å². The molecule has 1 N–H and O–H groups in total. The second kappa shape index (κ2) is 10.6. The molecule has 14 heteroatoms. The molecule has 1 atom stereocenters. The smallest absolute Gasteiger partial charge is 0.281 e. The van der Waals surface area contributed by atoms with Crippen LogP contribution in [0.3, 0.4) is 0 Å². The Morgan fingerprint density at radius 1 is 0.867 bits per heavy atom. The van der Waals surface area contributed by atoms with E-state index in [1.54, 1.807) is 19.3 Å². The molecule has 1 rings (SSSR count). The molecule has 0 fully saturated rings. The Kier molecular flexibility index (Phi) is 10.1. The summed E-state index contributed by atoms with van der Waals surface area (Å²) in [5.41, 5.74) is 0. The largest absolute Gasteiger partial charge is 0.438 e. The number of nitrogens with zero attached hydrogens (tertiary/aromatic N) is 1. The first-order valence-electron chi connectivity index (χ1n) is 8.45. The molecule has 0 aliphatic carbocycles. The molecule has 0 aliphatic rings. The van der Waals surface area contributed by atoms with Crippen LogP contribution in [-0.2, 0) is 10.1 Å². The third-order valence-corrected chi connectivity index (χ3v) is 4.68. The Bertz CT molecular complexity index is 704. The minimum absolute atomic E-state index is 0.107. The average Bonchev–Trinajstić information content (AvgIpc) is 2.65. The maximum atomic E-state index is 13.3. The summed E-state index contributed by atoms with van der Waals surface area (Å²) >= 11 is 0. The lowest BCUT2D eigenvalue weighted by atomic mass is 9.96. The van der Waals surface area contributed by atoms with E-state index in [-0.39, 0.29) is 6.42 Å². The van der Waals surface area contributed by atoms with Crippen LogP contribution in [-0.4, -0.2) is 47.1 Å². The number of halogens is 9. The fraction of sp³-hybridized carbons (Fsp3) is 0.688. The molecule has 0 saturated carbocycles. The minimum Gasteiger partial charge on any atom is -0.281 e. The molecule has 4 nitrogen and oxygen atoms in total. The van der Waals surface area contributed by atoms with Gasteiger partial charge in [-0.1, -0.05) is 38.7 Å². The van der Waals surface area contributed by atoms with Gasteiger partial charge in [0.05, 0.1) is 0 Å². The average molecular weight is 477 g/mol. The van der Waals surface area contributed by atoms with E-state index in [1.807, 2.05) is 18.2 Å². The zero-order chi connectivity index (χ0) is 23.9. The number of hydrogen-bond donors (Lipinski definition) is 1. The monoisotopic (exact) mass is 477 g/mol. The first kappa shape index (κ1) is 28.4. The third-order valence-electron chi connectivity index (χ3n) is 3.77. The van der Waals surface area contributed by atoms with Crippen LogP contribution in [0.5, 0.6) is 0 Å². The number of rotatable bonds is 10. The lowest BCUT2D eigenvalue weighted by molar-refractivity contribution is -0.359. The lowest BCUT2D eigenvalue weighted by Crippen LogP contribution is -2.66. The minimum atomic E-state index is -7.26. The van der Waals surface area contributed by atoms with Crippen molar-refractivity contribution in [1.82, 2.24) is 4.98 Å². The van der Waals surface area contributed by atoms with Gasteiger partial charge in [-0.05, 0) is 18.6 Å². The van der Waals surface area contributed by atoms with Gasteiger partial charge in [-0.2, -0.15) is 43.5 Å². The number of alkyl halides is 9. The van der Waals surface area contributed by atoms with Crippen LogP contribution in [0, 0.1) is 0 Å². The fourth-order valence-corrected chi connectivity index (χ4v) is 2.45. The zero-order valence-corrected chi connectivity index (χ0v) is 16.3. The predicted molar refractivity (Wildman–Crippen MR) is 89.2 cm³/mol. The third kappa shape index (κ3) is 6.22. The van der Waals surface area contributed by atoms with Gasteiger partial charge in [-0.25, -0.2) is 4.39 Å². The predicted octanol–water partition coefficient (Wildman–Crippen LogP) is 5.76. The van der Waals surface area contributed by atoms with Crippen LogP contribution in [0.1, 0.15) is 39.0 Å². The van der Waals surface area contributed by atoms with Crippen molar-refractivity contribution in [2.75, 3.05) is 0 Å². The van der Waals surface area contributed by atoms with Crippen LogP contribution < -0.4 is 0 Å². The van der Waals surface area contributed by atoms with Crippen molar-refractivity contribution >= 4 is 10.1 Å². The summed E-state index contributed by atoms with van der Waals surface area (Å²) in [6, 6.07) is 5.72. The molecule has 1 unspecified atom stereocenters. The van der Waals surface area contributed by atoms with Crippen LogP contribution in [0.15, 0.2) is 30.6 Å². The second-order valence-electron chi connectivity index (χ2n) is 6.11. The Hall–Kier alpha value is -1.57. The van der Waals surface area contributed by atoms with Crippen molar-refractivity contribution in [3.8, 4) is 0 Å². The normalized spacial score (nSPS) is 14.6. The molecular formula is C16H20F9NO3S. The quantitative estimate of drug-likeness (QED) is 0.264. The number of unbranched alkanes of at least 4 members (excludes halogenated alkanes) is 3. The Morgan fingerprint density at radius 3 is 1.70 bits per heavy atom. The highest BCUT2D eigenvalue weighted by molar-refractivity contribution is 7.87. The Balaban J connectivity index is 0.00000118. The molecule has 0 radical (unpaired) electrons. The molecule has 0 spiro atoms. The first-order chi connectivity index (χ1) is 13.5. The Morgan fingerprint density at radius 2 is 1.37 bits per heavy atom. The summed E-state index contributed by atoms with van der Waals surface area (Å²) < 4.78 is 146. The molecule has 0 saturated heterocycles. The van der Waals surface area contributed by atoms with Crippen LogP contribution in [0.4, 0.5) is 39.5 Å². The van der Waals surface area contributed by atoms with Gasteiger partial charge in [0.2, 0.25) is 0 Å². The SMILES string of the molecule is CCCCCCC(F)C(F)(F)C(F)(F)C(F)(F)C(F)(F)S(=O)(=O)O.c1ccncc1. The summed E-state index contributed by atoms with van der Waals surface area (Å²) in [7, 11) is -7.17. The van der Waals surface area contributed by atoms with E-state index in [1.165, 1.54) is 0 Å². The summed E-state index contributed by atoms with van der Waals surface area (Å²) in [6.07, 6.45) is -1.08. The topological polar surface area (TPSA) is 67.3 Å². The van der Waals surface area contributed by atoms with Gasteiger partial charge in [0.25, 0.3) is 0 Å². The maximum Gasteiger partial charge on any atom is 0.438 e. The molecule has 0 bridgehead atoms. The fourth-order valence-electron chi connectivity index (χ4n) is 1.99. The zero-order valence-electron chi connectivity index (χ0n) is 15.5. The van der Waals surface area contributed by atoms with E-state index in [4.69, 9.17) is 4.55 Å². The lowest BCUT2D eigenvalue weighted by Gasteiger charge is -2.36. The molecule has 1 aromatic heterocycles. The van der Waals surface area contributed by atoms with Crippen LogP contribution >= 0.6 is 0 Å². The number of aromatic nitrogens is 1. The Labute approximate surface area is 167 Å². The van der Waals surface area contributed by atoms with Crippen molar-refractivity contribution in [2.24, 2.45) is 0 Å². The van der Waals surface area contributed by atoms with Crippen LogP contribution in [0.25, 0.3) is 0 Å². The van der Waals surface area contributed by atoms with E-state index in [0.29, 0.717) is 12.8 Å².